The number of hydrogen-bond donors (Lipinski definition) is 0. The molecule has 2 aliphatic rings. The lowest BCUT2D eigenvalue weighted by Gasteiger charge is -2.26. The van der Waals surface area contributed by atoms with E-state index < -0.39 is 0 Å². The molecule has 2 rings (SSSR count). The lowest BCUT2D eigenvalue weighted by molar-refractivity contribution is -0.124. The fourth-order valence-corrected chi connectivity index (χ4v) is 2.44. The van der Waals surface area contributed by atoms with Crippen molar-refractivity contribution in [1.82, 2.24) is 0 Å². The van der Waals surface area contributed by atoms with E-state index in [0.717, 1.165) is 25.7 Å². The molecular weight excluding hydrogens is 172 g/mol. The van der Waals surface area contributed by atoms with Gasteiger partial charge in [-0.05, 0) is 37.2 Å². The van der Waals surface area contributed by atoms with Crippen LogP contribution in [0.3, 0.4) is 0 Å². The molecule has 0 N–H and O–H groups in total. The second-order valence-electron chi connectivity index (χ2n) is 4.59. The number of rotatable bonds is 1. The van der Waals surface area contributed by atoms with Gasteiger partial charge in [0.25, 0.3) is 0 Å². The molecule has 0 amide bonds. The summed E-state index contributed by atoms with van der Waals surface area (Å²) in [6, 6.07) is 0. The number of ketones is 1. The topological polar surface area (TPSA) is 17.1 Å². The SMILES string of the molecule is CC1CCC(C2=CCCC=C2)C(=O)C1. The second-order valence-corrected chi connectivity index (χ2v) is 4.59. The minimum absolute atomic E-state index is 0.225. The minimum Gasteiger partial charge on any atom is -0.299 e. The van der Waals surface area contributed by atoms with Gasteiger partial charge >= 0.3 is 0 Å². The van der Waals surface area contributed by atoms with E-state index in [4.69, 9.17) is 0 Å². The van der Waals surface area contributed by atoms with Gasteiger partial charge in [0.1, 0.15) is 5.78 Å². The third kappa shape index (κ3) is 1.97. The molecule has 2 unspecified atom stereocenters. The second kappa shape index (κ2) is 4.12. The zero-order valence-corrected chi connectivity index (χ0v) is 8.83. The predicted molar refractivity (Wildman–Crippen MR) is 58.0 cm³/mol. The highest BCUT2D eigenvalue weighted by Crippen LogP contribution is 2.32. The lowest BCUT2D eigenvalue weighted by atomic mass is 9.77. The molecule has 0 aromatic carbocycles. The summed E-state index contributed by atoms with van der Waals surface area (Å²) in [7, 11) is 0. The van der Waals surface area contributed by atoms with Crippen LogP contribution in [-0.2, 0) is 4.79 Å². The fourth-order valence-electron chi connectivity index (χ4n) is 2.44. The van der Waals surface area contributed by atoms with Crippen molar-refractivity contribution in [3.8, 4) is 0 Å². The minimum atomic E-state index is 0.225. The van der Waals surface area contributed by atoms with Crippen LogP contribution < -0.4 is 0 Å². The largest absolute Gasteiger partial charge is 0.299 e. The predicted octanol–water partition coefficient (Wildman–Crippen LogP) is 3.27. The molecule has 0 aliphatic heterocycles. The summed E-state index contributed by atoms with van der Waals surface area (Å²) in [6.45, 7) is 2.18. The average Bonchev–Trinajstić information content (AvgIpc) is 2.19. The molecule has 0 radical (unpaired) electrons. The summed E-state index contributed by atoms with van der Waals surface area (Å²) in [5, 5.41) is 0. The summed E-state index contributed by atoms with van der Waals surface area (Å²) >= 11 is 0. The molecule has 0 aromatic heterocycles. The Kier molecular flexibility index (Phi) is 2.85. The van der Waals surface area contributed by atoms with Crippen LogP contribution in [0.25, 0.3) is 0 Å². The molecule has 1 saturated carbocycles. The van der Waals surface area contributed by atoms with Gasteiger partial charge in [-0.2, -0.15) is 0 Å². The van der Waals surface area contributed by atoms with Crippen LogP contribution in [0.5, 0.6) is 0 Å². The molecule has 0 bridgehead atoms. The van der Waals surface area contributed by atoms with E-state index in [0.29, 0.717) is 11.7 Å². The molecule has 14 heavy (non-hydrogen) atoms. The van der Waals surface area contributed by atoms with Crippen molar-refractivity contribution in [3.05, 3.63) is 23.8 Å². The van der Waals surface area contributed by atoms with Gasteiger partial charge in [0.05, 0.1) is 0 Å². The van der Waals surface area contributed by atoms with Crippen molar-refractivity contribution in [1.29, 1.82) is 0 Å². The van der Waals surface area contributed by atoms with Crippen LogP contribution >= 0.6 is 0 Å². The van der Waals surface area contributed by atoms with Crippen molar-refractivity contribution in [2.45, 2.75) is 39.0 Å². The highest BCUT2D eigenvalue weighted by atomic mass is 16.1. The average molecular weight is 190 g/mol. The number of hydrogen-bond acceptors (Lipinski definition) is 1. The zero-order valence-electron chi connectivity index (χ0n) is 8.83. The molecule has 1 nitrogen and oxygen atoms in total. The normalized spacial score (nSPS) is 32.9. The summed E-state index contributed by atoms with van der Waals surface area (Å²) < 4.78 is 0. The third-order valence-electron chi connectivity index (χ3n) is 3.31. The molecule has 2 atom stereocenters. The Bertz CT molecular complexity index is 286. The quantitative estimate of drug-likeness (QED) is 0.620. The van der Waals surface area contributed by atoms with Crippen LogP contribution in [-0.4, -0.2) is 5.78 Å². The van der Waals surface area contributed by atoms with Gasteiger partial charge in [0, 0.05) is 12.3 Å². The van der Waals surface area contributed by atoms with Crippen LogP contribution in [0.15, 0.2) is 23.8 Å². The van der Waals surface area contributed by atoms with E-state index in [9.17, 15) is 4.79 Å². The summed E-state index contributed by atoms with van der Waals surface area (Å²) in [6.07, 6.45) is 11.9. The molecule has 0 heterocycles. The number of carbonyl (C=O) groups excluding carboxylic acids is 1. The Hall–Kier alpha value is -0.850. The molecule has 0 saturated heterocycles. The van der Waals surface area contributed by atoms with Crippen LogP contribution in [0.4, 0.5) is 0 Å². The summed E-state index contributed by atoms with van der Waals surface area (Å²) in [4.78, 5) is 11.8. The van der Waals surface area contributed by atoms with E-state index in [1.165, 1.54) is 12.0 Å². The van der Waals surface area contributed by atoms with Gasteiger partial charge in [-0.15, -0.1) is 0 Å². The van der Waals surface area contributed by atoms with E-state index in [1.54, 1.807) is 0 Å². The molecule has 0 spiro atoms. The first kappa shape index (κ1) is 9.70. The van der Waals surface area contributed by atoms with Gasteiger partial charge in [-0.3, -0.25) is 4.79 Å². The van der Waals surface area contributed by atoms with Crippen LogP contribution in [0.2, 0.25) is 0 Å². The van der Waals surface area contributed by atoms with E-state index >= 15 is 0 Å². The van der Waals surface area contributed by atoms with Gasteiger partial charge in [0.15, 0.2) is 0 Å². The Morgan fingerprint density at radius 3 is 2.79 bits per heavy atom. The maximum atomic E-state index is 11.8. The van der Waals surface area contributed by atoms with E-state index in [1.807, 2.05) is 0 Å². The first-order valence-electron chi connectivity index (χ1n) is 5.66. The number of carbonyl (C=O) groups is 1. The van der Waals surface area contributed by atoms with Gasteiger partial charge in [-0.25, -0.2) is 0 Å². The van der Waals surface area contributed by atoms with E-state index in [2.05, 4.69) is 25.2 Å². The Morgan fingerprint density at radius 2 is 2.14 bits per heavy atom. The number of Topliss-reactive ketones (excluding diaryl/α,β-unsaturated/α-hetero) is 1. The Morgan fingerprint density at radius 1 is 1.29 bits per heavy atom. The monoisotopic (exact) mass is 190 g/mol. The van der Waals surface area contributed by atoms with Crippen molar-refractivity contribution in [2.24, 2.45) is 11.8 Å². The lowest BCUT2D eigenvalue weighted by Crippen LogP contribution is -2.25. The maximum Gasteiger partial charge on any atom is 0.140 e. The molecule has 1 heteroatoms. The maximum absolute atomic E-state index is 11.8. The van der Waals surface area contributed by atoms with Gasteiger partial charge in [0.2, 0.25) is 0 Å². The summed E-state index contributed by atoms with van der Waals surface area (Å²) in [5.74, 6) is 1.29. The van der Waals surface area contributed by atoms with Crippen molar-refractivity contribution in [3.63, 3.8) is 0 Å². The zero-order chi connectivity index (χ0) is 9.97. The summed E-state index contributed by atoms with van der Waals surface area (Å²) in [5.41, 5.74) is 1.29. The van der Waals surface area contributed by atoms with Crippen LogP contribution in [0.1, 0.15) is 39.0 Å². The molecule has 1 fully saturated rings. The standard InChI is InChI=1S/C13H18O/c1-10-7-8-12(13(14)9-10)11-5-3-2-4-6-11/h3,5-6,10,12H,2,4,7-9H2,1H3. The van der Waals surface area contributed by atoms with E-state index in [-0.39, 0.29) is 5.92 Å². The number of allylic oxidation sites excluding steroid dienone is 4. The Balaban J connectivity index is 2.07. The smallest absolute Gasteiger partial charge is 0.140 e. The van der Waals surface area contributed by atoms with Gasteiger partial charge < -0.3 is 0 Å². The molecule has 76 valence electrons. The van der Waals surface area contributed by atoms with Gasteiger partial charge in [-0.1, -0.05) is 25.2 Å². The van der Waals surface area contributed by atoms with Crippen molar-refractivity contribution in [2.75, 3.05) is 0 Å². The van der Waals surface area contributed by atoms with Crippen LogP contribution in [0, 0.1) is 11.8 Å². The first-order chi connectivity index (χ1) is 6.77. The van der Waals surface area contributed by atoms with Crippen molar-refractivity contribution >= 4 is 5.78 Å². The fraction of sp³-hybridized carbons (Fsp3) is 0.615. The highest BCUT2D eigenvalue weighted by molar-refractivity contribution is 5.85. The molecule has 2 aliphatic carbocycles. The molecular formula is C13H18O. The first-order valence-corrected chi connectivity index (χ1v) is 5.66. The van der Waals surface area contributed by atoms with Crippen molar-refractivity contribution < 1.29 is 4.79 Å². The Labute approximate surface area is 85.9 Å². The molecule has 0 aromatic rings. The highest BCUT2D eigenvalue weighted by Gasteiger charge is 2.28. The third-order valence-corrected chi connectivity index (χ3v) is 3.31.